The summed E-state index contributed by atoms with van der Waals surface area (Å²) in [7, 11) is -4.71. The highest BCUT2D eigenvalue weighted by Gasteiger charge is 2.57. The number of amides is 1. The van der Waals surface area contributed by atoms with Crippen molar-refractivity contribution in [3.05, 3.63) is 22.6 Å². The second-order valence-electron chi connectivity index (χ2n) is 6.57. The zero-order valence-electron chi connectivity index (χ0n) is 15.1. The molecule has 1 amide bonds. The van der Waals surface area contributed by atoms with E-state index in [0.717, 1.165) is 5.82 Å². The number of nitrogens with zero attached hydrogens (tertiary/aromatic N) is 3. The lowest BCUT2D eigenvalue weighted by atomic mass is 9.83. The number of hydrogen-bond donors (Lipinski definition) is 3. The summed E-state index contributed by atoms with van der Waals surface area (Å²) in [6.45, 7) is 3.72. The smallest absolute Gasteiger partial charge is 0.397 e. The van der Waals surface area contributed by atoms with Gasteiger partial charge < -0.3 is 20.3 Å². The Hall–Kier alpha value is -2.09. The van der Waals surface area contributed by atoms with Crippen LogP contribution in [0.1, 0.15) is 19.2 Å². The lowest BCUT2D eigenvalue weighted by Gasteiger charge is -2.45. The highest BCUT2D eigenvalue weighted by molar-refractivity contribution is 8.03. The van der Waals surface area contributed by atoms with Crippen LogP contribution in [0.4, 0.5) is 5.82 Å². The van der Waals surface area contributed by atoms with Gasteiger partial charge in [0.25, 0.3) is 0 Å². The highest BCUT2D eigenvalue weighted by atomic mass is 32.3. The number of β-lactam (4-membered cyclic amide) rings is 1. The molecule has 0 radical (unpaired) electrons. The third-order valence-corrected chi connectivity index (χ3v) is 6.40. The minimum atomic E-state index is -4.71. The average Bonchev–Trinajstić information content (AvgIpc) is 3.03. The molecule has 11 nitrogen and oxygen atoms in total. The van der Waals surface area contributed by atoms with Gasteiger partial charge in [0, 0.05) is 29.8 Å². The largest absolute Gasteiger partial charge is 0.477 e. The van der Waals surface area contributed by atoms with E-state index in [1.54, 1.807) is 6.20 Å². The second-order valence-corrected chi connectivity index (χ2v) is 8.80. The lowest BCUT2D eigenvalue weighted by molar-refractivity contribution is -0.160. The van der Waals surface area contributed by atoms with Gasteiger partial charge in [-0.15, -0.1) is 11.8 Å². The number of fused-ring (bicyclic) bond motifs is 1. The van der Waals surface area contributed by atoms with Crippen LogP contribution in [0.25, 0.3) is 0 Å². The van der Waals surface area contributed by atoms with Crippen LogP contribution < -0.4 is 5.73 Å². The molecule has 1 saturated heterocycles. The summed E-state index contributed by atoms with van der Waals surface area (Å²) in [4.78, 5) is 29.9. The van der Waals surface area contributed by atoms with Gasteiger partial charge in [-0.3, -0.25) is 9.35 Å². The number of thioether (sulfide) groups is 1. The normalized spacial score (nSPS) is 23.0. The van der Waals surface area contributed by atoms with Crippen LogP contribution in [-0.2, 0) is 30.7 Å². The number of aryl methyl sites for hydroxylation is 2. The van der Waals surface area contributed by atoms with Crippen LogP contribution in [0.3, 0.4) is 0 Å². The maximum Gasteiger partial charge on any atom is 0.397 e. The number of hydrogen-bond acceptors (Lipinski definition) is 8. The van der Waals surface area contributed by atoms with Crippen LogP contribution in [0.2, 0.25) is 0 Å². The number of aliphatic carboxylic acids is 1. The Kier molecular flexibility index (Phi) is 5.44. The predicted molar refractivity (Wildman–Crippen MR) is 99.3 cm³/mol. The SMILES string of the molecule is Cc1nc(N)cn1CCSC1=C(C(=O)O)N2C(=O)[C@H]([C@H](C)OS(=O)(=O)O)[C@H]2C1. The average molecular weight is 432 g/mol. The van der Waals surface area contributed by atoms with Crippen LogP contribution in [0.15, 0.2) is 16.8 Å². The van der Waals surface area contributed by atoms with Crippen LogP contribution in [-0.4, -0.2) is 62.3 Å². The Morgan fingerprint density at radius 2 is 2.21 bits per heavy atom. The Morgan fingerprint density at radius 3 is 2.75 bits per heavy atom. The molecule has 13 heteroatoms. The molecule has 3 atom stereocenters. The zero-order chi connectivity index (χ0) is 20.8. The van der Waals surface area contributed by atoms with Crippen molar-refractivity contribution in [2.75, 3.05) is 11.5 Å². The number of carboxylic acid groups (broad SMARTS) is 1. The summed E-state index contributed by atoms with van der Waals surface area (Å²) < 4.78 is 37.0. The summed E-state index contributed by atoms with van der Waals surface area (Å²) in [5, 5.41) is 9.53. The minimum Gasteiger partial charge on any atom is -0.477 e. The molecule has 0 saturated carbocycles. The van der Waals surface area contributed by atoms with E-state index in [4.69, 9.17) is 10.3 Å². The number of rotatable bonds is 8. The monoisotopic (exact) mass is 432 g/mol. The number of carbonyl (C=O) groups is 2. The van der Waals surface area contributed by atoms with Crippen molar-refractivity contribution >= 4 is 39.9 Å². The fraction of sp³-hybridized carbons (Fsp3) is 0.533. The van der Waals surface area contributed by atoms with Gasteiger partial charge in [0.05, 0.1) is 18.1 Å². The molecule has 3 rings (SSSR count). The molecular weight excluding hydrogens is 412 g/mol. The number of carboxylic acids is 1. The van der Waals surface area contributed by atoms with Gasteiger partial charge in [0.2, 0.25) is 5.91 Å². The van der Waals surface area contributed by atoms with Crippen molar-refractivity contribution in [2.24, 2.45) is 5.92 Å². The molecule has 154 valence electrons. The van der Waals surface area contributed by atoms with Crippen molar-refractivity contribution in [3.8, 4) is 0 Å². The number of aromatic nitrogens is 2. The van der Waals surface area contributed by atoms with Crippen molar-refractivity contribution in [3.63, 3.8) is 0 Å². The number of nitrogen functional groups attached to an aromatic ring is 1. The number of imidazole rings is 1. The van der Waals surface area contributed by atoms with Crippen molar-refractivity contribution in [1.29, 1.82) is 0 Å². The van der Waals surface area contributed by atoms with E-state index >= 15 is 0 Å². The molecule has 3 heterocycles. The zero-order valence-corrected chi connectivity index (χ0v) is 16.7. The molecule has 0 spiro atoms. The molecular formula is C15H20N4O7S2. The molecule has 2 aliphatic rings. The van der Waals surface area contributed by atoms with Crippen molar-refractivity contribution in [1.82, 2.24) is 14.5 Å². The Bertz CT molecular complexity index is 956. The van der Waals surface area contributed by atoms with E-state index in [-0.39, 0.29) is 12.1 Å². The topological polar surface area (TPSA) is 165 Å². The maximum atomic E-state index is 12.4. The molecule has 2 aliphatic heterocycles. The molecule has 1 aromatic heterocycles. The summed E-state index contributed by atoms with van der Waals surface area (Å²) >= 11 is 1.32. The number of anilines is 1. The van der Waals surface area contributed by atoms with Crippen LogP contribution in [0, 0.1) is 12.8 Å². The predicted octanol–water partition coefficient (Wildman–Crippen LogP) is 0.242. The quantitative estimate of drug-likeness (QED) is 0.383. The maximum absolute atomic E-state index is 12.4. The fourth-order valence-corrected chi connectivity index (χ4v) is 5.27. The third-order valence-electron chi connectivity index (χ3n) is 4.75. The Morgan fingerprint density at radius 1 is 1.54 bits per heavy atom. The first-order valence-corrected chi connectivity index (χ1v) is 10.7. The van der Waals surface area contributed by atoms with E-state index in [1.165, 1.54) is 23.6 Å². The van der Waals surface area contributed by atoms with Crippen LogP contribution >= 0.6 is 11.8 Å². The Balaban J connectivity index is 1.69. The van der Waals surface area contributed by atoms with Gasteiger partial charge in [0.15, 0.2) is 0 Å². The molecule has 0 aliphatic carbocycles. The standard InChI is InChI=1S/C15H20N4O7S2/c1-7(26-28(23,24)25)12-9-5-10(13(15(21)22)19(9)14(12)20)27-4-3-18-6-11(16)17-8(18)2/h6-7,9,12H,3-5,16H2,1-2H3,(H,21,22)(H,23,24,25)/t7-,9+,12+/m0/s1. The van der Waals surface area contributed by atoms with Gasteiger partial charge in [0.1, 0.15) is 17.3 Å². The third kappa shape index (κ3) is 3.87. The van der Waals surface area contributed by atoms with Gasteiger partial charge in [-0.2, -0.15) is 8.42 Å². The fourth-order valence-electron chi connectivity index (χ4n) is 3.62. The van der Waals surface area contributed by atoms with Crippen molar-refractivity contribution < 1.29 is 31.8 Å². The first kappa shape index (κ1) is 20.6. The second kappa shape index (κ2) is 7.39. The number of carbonyl (C=O) groups excluding carboxylic acids is 1. The number of nitrogens with two attached hydrogens (primary N) is 1. The van der Waals surface area contributed by atoms with Crippen molar-refractivity contribution in [2.45, 2.75) is 39.0 Å². The van der Waals surface area contributed by atoms with E-state index in [0.29, 0.717) is 23.0 Å². The molecule has 4 N–H and O–H groups in total. The molecule has 1 aromatic rings. The molecule has 1 fully saturated rings. The highest BCUT2D eigenvalue weighted by Crippen LogP contribution is 2.47. The van der Waals surface area contributed by atoms with Gasteiger partial charge >= 0.3 is 16.4 Å². The minimum absolute atomic E-state index is 0.0860. The summed E-state index contributed by atoms with van der Waals surface area (Å²) in [6, 6.07) is -0.511. The summed E-state index contributed by atoms with van der Waals surface area (Å²) in [5.41, 5.74) is 5.55. The summed E-state index contributed by atoms with van der Waals surface area (Å²) in [5.74, 6) is -0.911. The van der Waals surface area contributed by atoms with Gasteiger partial charge in [-0.1, -0.05) is 0 Å². The van der Waals surface area contributed by atoms with Crippen LogP contribution in [0.5, 0.6) is 0 Å². The van der Waals surface area contributed by atoms with E-state index in [2.05, 4.69) is 9.17 Å². The lowest BCUT2D eigenvalue weighted by Crippen LogP contribution is -2.62. The Labute approximate surface area is 165 Å². The van der Waals surface area contributed by atoms with E-state index in [1.807, 2.05) is 11.5 Å². The van der Waals surface area contributed by atoms with E-state index < -0.39 is 40.3 Å². The van der Waals surface area contributed by atoms with E-state index in [9.17, 15) is 23.1 Å². The molecule has 0 unspecified atom stereocenters. The molecule has 28 heavy (non-hydrogen) atoms. The summed E-state index contributed by atoms with van der Waals surface area (Å²) in [6.07, 6.45) is 0.880. The van der Waals surface area contributed by atoms with Gasteiger partial charge in [-0.05, 0) is 13.8 Å². The molecule has 0 aromatic carbocycles. The first-order chi connectivity index (χ1) is 13.0. The van der Waals surface area contributed by atoms with Gasteiger partial charge in [-0.25, -0.2) is 14.0 Å². The molecule has 0 bridgehead atoms. The first-order valence-electron chi connectivity index (χ1n) is 8.37.